The maximum Gasteiger partial charge on any atom is 0.138 e. The third kappa shape index (κ3) is 5.75. The van der Waals surface area contributed by atoms with Gasteiger partial charge in [0.25, 0.3) is 0 Å². The van der Waals surface area contributed by atoms with Crippen molar-refractivity contribution in [3.63, 3.8) is 0 Å². The summed E-state index contributed by atoms with van der Waals surface area (Å²) in [6, 6.07) is 0.269. The smallest absolute Gasteiger partial charge is 0.138 e. The number of hydrogen-bond acceptors (Lipinski definition) is 4. The van der Waals surface area contributed by atoms with Crippen LogP contribution < -0.4 is 5.32 Å². The highest BCUT2D eigenvalue weighted by Gasteiger charge is 2.26. The van der Waals surface area contributed by atoms with Crippen LogP contribution in [0.5, 0.6) is 0 Å². The van der Waals surface area contributed by atoms with Crippen LogP contribution in [0, 0.1) is 11.8 Å². The van der Waals surface area contributed by atoms with Crippen molar-refractivity contribution in [2.75, 3.05) is 13.2 Å². The minimum absolute atomic E-state index is 0.194. The van der Waals surface area contributed by atoms with E-state index < -0.39 is 0 Å². The third-order valence-electron chi connectivity index (χ3n) is 3.52. The minimum Gasteiger partial charge on any atom is -0.377 e. The van der Waals surface area contributed by atoms with Gasteiger partial charge >= 0.3 is 0 Å². The molecule has 2 unspecified atom stereocenters. The van der Waals surface area contributed by atoms with Crippen molar-refractivity contribution in [3.05, 3.63) is 12.2 Å². The zero-order valence-electron chi connectivity index (χ0n) is 14.5. The predicted molar refractivity (Wildman–Crippen MR) is 86.3 cm³/mol. The van der Waals surface area contributed by atoms with Crippen molar-refractivity contribution in [3.8, 4) is 0 Å². The fourth-order valence-corrected chi connectivity index (χ4v) is 2.67. The summed E-state index contributed by atoms with van der Waals surface area (Å²) in [4.78, 5) is 4.45. The maximum absolute atomic E-state index is 5.97. The van der Waals surface area contributed by atoms with Crippen LogP contribution in [0.2, 0.25) is 0 Å². The Hall–Kier alpha value is -0.940. The van der Waals surface area contributed by atoms with Crippen LogP contribution in [0.1, 0.15) is 47.4 Å². The number of aromatic nitrogens is 3. The van der Waals surface area contributed by atoms with Gasteiger partial charge in [0.15, 0.2) is 0 Å². The van der Waals surface area contributed by atoms with Crippen LogP contribution in [0.3, 0.4) is 0 Å². The van der Waals surface area contributed by atoms with Crippen molar-refractivity contribution < 1.29 is 4.74 Å². The molecule has 0 fully saturated rings. The van der Waals surface area contributed by atoms with E-state index in [0.29, 0.717) is 11.8 Å². The van der Waals surface area contributed by atoms with Crippen molar-refractivity contribution in [2.24, 2.45) is 11.8 Å². The number of likely N-dealkylation sites (N-methyl/N-ethyl adjacent to an activating group) is 1. The van der Waals surface area contributed by atoms with E-state index in [2.05, 4.69) is 56.9 Å². The van der Waals surface area contributed by atoms with Crippen LogP contribution in [-0.4, -0.2) is 40.1 Å². The van der Waals surface area contributed by atoms with Gasteiger partial charge in [-0.25, -0.2) is 9.67 Å². The Morgan fingerprint density at radius 1 is 1.24 bits per heavy atom. The lowest BCUT2D eigenvalue weighted by Gasteiger charge is -2.30. The lowest BCUT2D eigenvalue weighted by molar-refractivity contribution is 0.00326. The summed E-state index contributed by atoms with van der Waals surface area (Å²) in [5, 5.41) is 7.92. The number of ether oxygens (including phenoxy) is 1. The number of rotatable bonds is 10. The predicted octanol–water partition coefficient (Wildman–Crippen LogP) is 2.52. The first kappa shape index (κ1) is 18.1. The van der Waals surface area contributed by atoms with Gasteiger partial charge in [0.2, 0.25) is 0 Å². The Bertz CT molecular complexity index is 389. The van der Waals surface area contributed by atoms with E-state index in [1.54, 1.807) is 6.33 Å². The molecule has 0 bridgehead atoms. The Kier molecular flexibility index (Phi) is 7.89. The molecule has 0 saturated carbocycles. The molecule has 1 aromatic heterocycles. The largest absolute Gasteiger partial charge is 0.377 e. The Morgan fingerprint density at radius 3 is 2.48 bits per heavy atom. The standard InChI is InChI=1S/C16H32N4O/c1-7-17-14(16(13(5)6)21-8-2)9-15-18-11-19-20(15)10-12(3)4/h11-14,16-17H,7-10H2,1-6H3. The summed E-state index contributed by atoms with van der Waals surface area (Å²) >= 11 is 0. The minimum atomic E-state index is 0.194. The highest BCUT2D eigenvalue weighted by Crippen LogP contribution is 2.15. The highest BCUT2D eigenvalue weighted by atomic mass is 16.5. The molecular weight excluding hydrogens is 264 g/mol. The zero-order chi connectivity index (χ0) is 15.8. The summed E-state index contributed by atoms with van der Waals surface area (Å²) in [5.74, 6) is 2.08. The van der Waals surface area contributed by atoms with Crippen LogP contribution in [0.25, 0.3) is 0 Å². The van der Waals surface area contributed by atoms with Gasteiger partial charge in [-0.1, -0.05) is 34.6 Å². The molecule has 21 heavy (non-hydrogen) atoms. The van der Waals surface area contributed by atoms with Crippen LogP contribution >= 0.6 is 0 Å². The molecule has 0 radical (unpaired) electrons. The van der Waals surface area contributed by atoms with Crippen molar-refractivity contribution in [1.29, 1.82) is 0 Å². The first-order chi connectivity index (χ1) is 9.99. The van der Waals surface area contributed by atoms with E-state index in [9.17, 15) is 0 Å². The topological polar surface area (TPSA) is 52.0 Å². The normalized spacial score (nSPS) is 14.9. The second-order valence-electron chi connectivity index (χ2n) is 6.28. The number of hydrogen-bond donors (Lipinski definition) is 1. The fraction of sp³-hybridized carbons (Fsp3) is 0.875. The Balaban J connectivity index is 2.84. The molecule has 122 valence electrons. The third-order valence-corrected chi connectivity index (χ3v) is 3.52. The molecule has 1 heterocycles. The summed E-state index contributed by atoms with van der Waals surface area (Å²) in [5.41, 5.74) is 0. The van der Waals surface area contributed by atoms with Crippen molar-refractivity contribution in [1.82, 2.24) is 20.1 Å². The number of nitrogens with one attached hydrogen (secondary N) is 1. The highest BCUT2D eigenvalue weighted by molar-refractivity contribution is 4.94. The summed E-state index contributed by atoms with van der Waals surface area (Å²) in [6.07, 6.45) is 2.70. The average Bonchev–Trinajstić information content (AvgIpc) is 2.81. The van der Waals surface area contributed by atoms with E-state index >= 15 is 0 Å². The average molecular weight is 296 g/mol. The van der Waals surface area contributed by atoms with Gasteiger partial charge in [0, 0.05) is 25.6 Å². The lowest BCUT2D eigenvalue weighted by atomic mass is 9.96. The molecule has 0 spiro atoms. The molecule has 1 N–H and O–H groups in total. The molecule has 0 saturated heterocycles. The van der Waals surface area contributed by atoms with Gasteiger partial charge in [-0.2, -0.15) is 5.10 Å². The molecule has 1 rings (SSSR count). The summed E-state index contributed by atoms with van der Waals surface area (Å²) in [6.45, 7) is 15.6. The van der Waals surface area contributed by atoms with Gasteiger partial charge in [-0.15, -0.1) is 0 Å². The molecule has 1 aromatic rings. The molecule has 0 aromatic carbocycles. The zero-order valence-corrected chi connectivity index (χ0v) is 14.5. The molecule has 0 aliphatic heterocycles. The van der Waals surface area contributed by atoms with Gasteiger partial charge in [-0.05, 0) is 25.3 Å². The SMILES string of the molecule is CCNC(Cc1ncnn1CC(C)C)C(OCC)C(C)C. The Labute approximate surface area is 129 Å². The summed E-state index contributed by atoms with van der Waals surface area (Å²) in [7, 11) is 0. The molecular formula is C16H32N4O. The van der Waals surface area contributed by atoms with E-state index in [-0.39, 0.29) is 12.1 Å². The van der Waals surface area contributed by atoms with Gasteiger partial charge in [-0.3, -0.25) is 0 Å². The maximum atomic E-state index is 5.97. The molecule has 0 amide bonds. The van der Waals surface area contributed by atoms with Crippen LogP contribution in [0.4, 0.5) is 0 Å². The summed E-state index contributed by atoms with van der Waals surface area (Å²) < 4.78 is 7.99. The van der Waals surface area contributed by atoms with Crippen LogP contribution in [0.15, 0.2) is 6.33 Å². The first-order valence-electron chi connectivity index (χ1n) is 8.21. The molecule has 2 atom stereocenters. The van der Waals surface area contributed by atoms with Gasteiger partial charge < -0.3 is 10.1 Å². The lowest BCUT2D eigenvalue weighted by Crippen LogP contribution is -2.46. The van der Waals surface area contributed by atoms with Gasteiger partial charge in [0.1, 0.15) is 12.2 Å². The fourth-order valence-electron chi connectivity index (χ4n) is 2.67. The van der Waals surface area contributed by atoms with Crippen molar-refractivity contribution >= 4 is 0 Å². The van der Waals surface area contributed by atoms with E-state index in [4.69, 9.17) is 4.74 Å². The molecule has 0 aliphatic rings. The monoisotopic (exact) mass is 296 g/mol. The van der Waals surface area contributed by atoms with E-state index in [0.717, 1.165) is 31.9 Å². The second kappa shape index (κ2) is 9.15. The first-order valence-corrected chi connectivity index (χ1v) is 8.21. The van der Waals surface area contributed by atoms with E-state index in [1.807, 2.05) is 4.68 Å². The van der Waals surface area contributed by atoms with Crippen LogP contribution in [-0.2, 0) is 17.7 Å². The Morgan fingerprint density at radius 2 is 1.95 bits per heavy atom. The second-order valence-corrected chi connectivity index (χ2v) is 6.28. The molecule has 5 heteroatoms. The molecule has 5 nitrogen and oxygen atoms in total. The van der Waals surface area contributed by atoms with E-state index in [1.165, 1.54) is 0 Å². The number of nitrogens with zero attached hydrogens (tertiary/aromatic N) is 3. The molecule has 0 aliphatic carbocycles. The quantitative estimate of drug-likeness (QED) is 0.721. The van der Waals surface area contributed by atoms with Crippen molar-refractivity contribution in [2.45, 2.75) is 66.7 Å². The van der Waals surface area contributed by atoms with Gasteiger partial charge in [0.05, 0.1) is 6.10 Å².